The molecule has 2 N–H and O–H groups in total. The highest BCUT2D eigenvalue weighted by molar-refractivity contribution is 9.11. The van der Waals surface area contributed by atoms with Gasteiger partial charge >= 0.3 is 0 Å². The Morgan fingerprint density at radius 1 is 1.60 bits per heavy atom. The summed E-state index contributed by atoms with van der Waals surface area (Å²) in [4.78, 5) is 12.7. The van der Waals surface area contributed by atoms with E-state index < -0.39 is 0 Å². The summed E-state index contributed by atoms with van der Waals surface area (Å²) in [7, 11) is 0. The maximum atomic E-state index is 11.6. The van der Waals surface area contributed by atoms with Crippen LogP contribution in [0.3, 0.4) is 0 Å². The lowest BCUT2D eigenvalue weighted by Gasteiger charge is -2.07. The standard InChI is InChI=1S/C11H16BrNOS/c1-2-3-8(13)6-9(14)7-10-4-5-11(12)15-10/h4-5,8H,2-3,6-7,13H2,1H3. The summed E-state index contributed by atoms with van der Waals surface area (Å²) in [6.07, 6.45) is 3.00. The Morgan fingerprint density at radius 2 is 2.33 bits per heavy atom. The van der Waals surface area contributed by atoms with Gasteiger partial charge < -0.3 is 5.73 Å². The van der Waals surface area contributed by atoms with E-state index in [0.29, 0.717) is 12.8 Å². The highest BCUT2D eigenvalue weighted by atomic mass is 79.9. The lowest BCUT2D eigenvalue weighted by atomic mass is 10.0. The monoisotopic (exact) mass is 289 g/mol. The van der Waals surface area contributed by atoms with Gasteiger partial charge in [0.1, 0.15) is 5.78 Å². The Morgan fingerprint density at radius 3 is 2.87 bits per heavy atom. The van der Waals surface area contributed by atoms with Crippen molar-refractivity contribution in [1.82, 2.24) is 0 Å². The van der Waals surface area contributed by atoms with Gasteiger partial charge in [0, 0.05) is 23.8 Å². The van der Waals surface area contributed by atoms with E-state index >= 15 is 0 Å². The van der Waals surface area contributed by atoms with Crippen LogP contribution in [-0.2, 0) is 11.2 Å². The summed E-state index contributed by atoms with van der Waals surface area (Å²) >= 11 is 4.99. The highest BCUT2D eigenvalue weighted by Gasteiger charge is 2.10. The molecule has 0 fully saturated rings. The molecular formula is C11H16BrNOS. The number of hydrogen-bond donors (Lipinski definition) is 1. The molecular weight excluding hydrogens is 274 g/mol. The average molecular weight is 290 g/mol. The van der Waals surface area contributed by atoms with Crippen LogP contribution in [0.2, 0.25) is 0 Å². The summed E-state index contributed by atoms with van der Waals surface area (Å²) in [6.45, 7) is 2.08. The van der Waals surface area contributed by atoms with E-state index in [1.807, 2.05) is 12.1 Å². The molecule has 1 unspecified atom stereocenters. The molecule has 0 radical (unpaired) electrons. The van der Waals surface area contributed by atoms with E-state index in [0.717, 1.165) is 21.5 Å². The van der Waals surface area contributed by atoms with Gasteiger partial charge in [0.05, 0.1) is 3.79 Å². The first-order chi connectivity index (χ1) is 7.11. The molecule has 2 nitrogen and oxygen atoms in total. The van der Waals surface area contributed by atoms with Crippen LogP contribution in [0.1, 0.15) is 31.1 Å². The fourth-order valence-corrected chi connectivity index (χ4v) is 2.99. The second-order valence-corrected chi connectivity index (χ2v) is 6.22. The molecule has 1 aromatic rings. The van der Waals surface area contributed by atoms with Gasteiger partial charge in [-0.3, -0.25) is 4.79 Å². The Balaban J connectivity index is 2.36. The van der Waals surface area contributed by atoms with Crippen LogP contribution in [0, 0.1) is 0 Å². The van der Waals surface area contributed by atoms with Crippen LogP contribution in [-0.4, -0.2) is 11.8 Å². The molecule has 1 heterocycles. The lowest BCUT2D eigenvalue weighted by Crippen LogP contribution is -2.24. The van der Waals surface area contributed by atoms with Crippen LogP contribution >= 0.6 is 27.3 Å². The minimum absolute atomic E-state index is 0.0332. The lowest BCUT2D eigenvalue weighted by molar-refractivity contribution is -0.118. The zero-order valence-corrected chi connectivity index (χ0v) is 11.2. The van der Waals surface area contributed by atoms with Gasteiger partial charge in [0.25, 0.3) is 0 Å². The number of thiophene rings is 1. The SMILES string of the molecule is CCCC(N)CC(=O)Cc1ccc(Br)s1. The van der Waals surface area contributed by atoms with Gasteiger partial charge in [-0.2, -0.15) is 0 Å². The second-order valence-electron chi connectivity index (χ2n) is 3.67. The van der Waals surface area contributed by atoms with Crippen molar-refractivity contribution in [2.24, 2.45) is 5.73 Å². The number of nitrogens with two attached hydrogens (primary N) is 1. The third-order valence-corrected chi connectivity index (χ3v) is 3.77. The minimum atomic E-state index is 0.0332. The quantitative estimate of drug-likeness (QED) is 0.874. The van der Waals surface area contributed by atoms with Crippen molar-refractivity contribution in [1.29, 1.82) is 0 Å². The van der Waals surface area contributed by atoms with Crippen LogP contribution < -0.4 is 5.73 Å². The predicted octanol–water partition coefficient (Wildman–Crippen LogP) is 3.14. The zero-order chi connectivity index (χ0) is 11.3. The molecule has 0 bridgehead atoms. The Kier molecular flexibility index (Phi) is 5.50. The molecule has 1 aromatic heterocycles. The molecule has 1 rings (SSSR count). The molecule has 0 saturated carbocycles. The normalized spacial score (nSPS) is 12.7. The highest BCUT2D eigenvalue weighted by Crippen LogP contribution is 2.22. The predicted molar refractivity (Wildman–Crippen MR) is 68.2 cm³/mol. The van der Waals surface area contributed by atoms with E-state index in [9.17, 15) is 4.79 Å². The molecule has 0 amide bonds. The smallest absolute Gasteiger partial charge is 0.139 e. The fraction of sp³-hybridized carbons (Fsp3) is 0.545. The van der Waals surface area contributed by atoms with Crippen molar-refractivity contribution in [2.45, 2.75) is 38.6 Å². The minimum Gasteiger partial charge on any atom is -0.327 e. The van der Waals surface area contributed by atoms with Gasteiger partial charge in [-0.25, -0.2) is 0 Å². The average Bonchev–Trinajstić information content (AvgIpc) is 2.51. The van der Waals surface area contributed by atoms with Gasteiger partial charge in [-0.1, -0.05) is 13.3 Å². The van der Waals surface area contributed by atoms with Crippen molar-refractivity contribution in [2.75, 3.05) is 0 Å². The summed E-state index contributed by atoms with van der Waals surface area (Å²) in [5.41, 5.74) is 5.82. The topological polar surface area (TPSA) is 43.1 Å². The van der Waals surface area contributed by atoms with Crippen LogP contribution in [0.5, 0.6) is 0 Å². The Hall–Kier alpha value is -0.190. The number of Topliss-reactive ketones (excluding diaryl/α,β-unsaturated/α-hetero) is 1. The first-order valence-electron chi connectivity index (χ1n) is 5.13. The maximum Gasteiger partial charge on any atom is 0.139 e. The maximum absolute atomic E-state index is 11.6. The number of carbonyl (C=O) groups is 1. The third kappa shape index (κ3) is 4.91. The molecule has 1 atom stereocenters. The summed E-state index contributed by atoms with van der Waals surface area (Å²) in [5, 5.41) is 0. The van der Waals surface area contributed by atoms with Gasteiger partial charge in [0.15, 0.2) is 0 Å². The number of ketones is 1. The molecule has 0 aromatic carbocycles. The number of halogens is 1. The number of rotatable bonds is 6. The van der Waals surface area contributed by atoms with Crippen LogP contribution in [0.4, 0.5) is 0 Å². The van der Waals surface area contributed by atoms with E-state index in [2.05, 4.69) is 22.9 Å². The van der Waals surface area contributed by atoms with Gasteiger partial charge in [-0.05, 0) is 34.5 Å². The van der Waals surface area contributed by atoms with Gasteiger partial charge in [-0.15, -0.1) is 11.3 Å². The van der Waals surface area contributed by atoms with E-state index in [1.54, 1.807) is 11.3 Å². The summed E-state index contributed by atoms with van der Waals surface area (Å²) < 4.78 is 1.07. The first kappa shape index (κ1) is 12.9. The molecule has 0 aliphatic heterocycles. The molecule has 4 heteroatoms. The molecule has 0 aliphatic carbocycles. The fourth-order valence-electron chi connectivity index (χ4n) is 1.48. The molecule has 0 saturated heterocycles. The summed E-state index contributed by atoms with van der Waals surface area (Å²) in [6, 6.07) is 3.99. The first-order valence-corrected chi connectivity index (χ1v) is 6.74. The second kappa shape index (κ2) is 6.40. The molecule has 84 valence electrons. The largest absolute Gasteiger partial charge is 0.327 e. The molecule has 0 aliphatic rings. The van der Waals surface area contributed by atoms with E-state index in [1.165, 1.54) is 0 Å². The van der Waals surface area contributed by atoms with Crippen LogP contribution in [0.25, 0.3) is 0 Å². The number of carbonyl (C=O) groups excluding carboxylic acids is 1. The van der Waals surface area contributed by atoms with E-state index in [-0.39, 0.29) is 11.8 Å². The van der Waals surface area contributed by atoms with Crippen molar-refractivity contribution >= 4 is 33.0 Å². The number of hydrogen-bond acceptors (Lipinski definition) is 3. The van der Waals surface area contributed by atoms with E-state index in [4.69, 9.17) is 5.73 Å². The van der Waals surface area contributed by atoms with Crippen molar-refractivity contribution in [3.63, 3.8) is 0 Å². The van der Waals surface area contributed by atoms with Gasteiger partial charge in [0.2, 0.25) is 0 Å². The third-order valence-electron chi connectivity index (χ3n) is 2.15. The Bertz CT molecular complexity index is 324. The van der Waals surface area contributed by atoms with Crippen molar-refractivity contribution in [3.05, 3.63) is 20.8 Å². The van der Waals surface area contributed by atoms with Crippen LogP contribution in [0.15, 0.2) is 15.9 Å². The molecule has 15 heavy (non-hydrogen) atoms. The van der Waals surface area contributed by atoms with Crippen molar-refractivity contribution < 1.29 is 4.79 Å². The molecule has 0 spiro atoms. The van der Waals surface area contributed by atoms with Crippen molar-refractivity contribution in [3.8, 4) is 0 Å². The zero-order valence-electron chi connectivity index (χ0n) is 8.83. The Labute approximate surface area is 103 Å². The summed E-state index contributed by atoms with van der Waals surface area (Å²) in [5.74, 6) is 0.241.